The van der Waals surface area contributed by atoms with Crippen LogP contribution in [-0.2, 0) is 22.6 Å². The summed E-state index contributed by atoms with van der Waals surface area (Å²) in [6.45, 7) is 3.73. The van der Waals surface area contributed by atoms with Gasteiger partial charge in [-0.15, -0.1) is 0 Å². The fourth-order valence-corrected chi connectivity index (χ4v) is 4.20. The molecule has 0 aliphatic carbocycles. The van der Waals surface area contributed by atoms with E-state index in [4.69, 9.17) is 0 Å². The second kappa shape index (κ2) is 7.51. The van der Waals surface area contributed by atoms with Crippen LogP contribution in [0.1, 0.15) is 29.7 Å². The van der Waals surface area contributed by atoms with Crippen molar-refractivity contribution in [1.82, 2.24) is 14.8 Å². The number of piperidine rings is 1. The fraction of sp³-hybridized carbons (Fsp3) is 0.409. The molecule has 2 amide bonds. The zero-order valence-corrected chi connectivity index (χ0v) is 15.7. The number of amides is 2. The van der Waals surface area contributed by atoms with Crippen LogP contribution >= 0.6 is 0 Å². The summed E-state index contributed by atoms with van der Waals surface area (Å²) in [7, 11) is 0. The molecule has 0 saturated carbocycles. The first-order valence-electron chi connectivity index (χ1n) is 9.64. The van der Waals surface area contributed by atoms with E-state index in [2.05, 4.69) is 4.98 Å². The third-order valence-electron chi connectivity index (χ3n) is 5.81. The minimum atomic E-state index is -0.0896. The average molecular weight is 363 g/mol. The van der Waals surface area contributed by atoms with Crippen molar-refractivity contribution in [2.45, 2.75) is 38.8 Å². The van der Waals surface area contributed by atoms with Crippen LogP contribution in [0.2, 0.25) is 0 Å². The maximum Gasteiger partial charge on any atom is 0.228 e. The number of hydrogen-bond donors (Lipinski definition) is 0. The molecule has 0 N–H and O–H groups in total. The van der Waals surface area contributed by atoms with E-state index in [0.29, 0.717) is 26.1 Å². The lowest BCUT2D eigenvalue weighted by molar-refractivity contribution is -0.140. The number of nitrogens with zero attached hydrogens (tertiary/aromatic N) is 3. The van der Waals surface area contributed by atoms with Gasteiger partial charge < -0.3 is 9.80 Å². The molecule has 3 fully saturated rings. The molecule has 3 aliphatic rings. The highest BCUT2D eigenvalue weighted by Gasteiger charge is 2.41. The van der Waals surface area contributed by atoms with E-state index in [-0.39, 0.29) is 23.8 Å². The van der Waals surface area contributed by atoms with E-state index in [1.807, 2.05) is 59.2 Å². The van der Waals surface area contributed by atoms with Crippen molar-refractivity contribution in [1.29, 1.82) is 0 Å². The molecule has 0 spiro atoms. The summed E-state index contributed by atoms with van der Waals surface area (Å²) in [6, 6.07) is 13.9. The SMILES string of the molecule is Cc1ccccc1CC(=O)N1CC2CCC(C1)N(Cc1ccccn1)C2=O. The van der Waals surface area contributed by atoms with E-state index in [9.17, 15) is 9.59 Å². The first kappa shape index (κ1) is 17.7. The lowest BCUT2D eigenvalue weighted by Gasteiger charge is -2.35. The molecular weight excluding hydrogens is 338 g/mol. The molecule has 2 atom stereocenters. The maximum absolute atomic E-state index is 13.0. The molecule has 3 aliphatic heterocycles. The molecule has 2 aromatic rings. The second-order valence-electron chi connectivity index (χ2n) is 7.62. The Balaban J connectivity index is 1.49. The third kappa shape index (κ3) is 3.72. The van der Waals surface area contributed by atoms with Gasteiger partial charge in [0.05, 0.1) is 24.6 Å². The molecule has 5 rings (SSSR count). The molecule has 2 unspecified atom stereocenters. The normalized spacial score (nSPS) is 22.0. The van der Waals surface area contributed by atoms with Crippen molar-refractivity contribution in [3.05, 3.63) is 65.5 Å². The summed E-state index contributed by atoms with van der Waals surface area (Å²) in [4.78, 5) is 34.1. The van der Waals surface area contributed by atoms with Gasteiger partial charge in [-0.05, 0) is 43.0 Å². The first-order valence-corrected chi connectivity index (χ1v) is 9.64. The van der Waals surface area contributed by atoms with Crippen LogP contribution in [0.5, 0.6) is 0 Å². The van der Waals surface area contributed by atoms with Crippen molar-refractivity contribution in [3.63, 3.8) is 0 Å². The fourth-order valence-electron chi connectivity index (χ4n) is 4.20. The van der Waals surface area contributed by atoms with Crippen LogP contribution < -0.4 is 0 Å². The minimum absolute atomic E-state index is 0.0825. The lowest BCUT2D eigenvalue weighted by atomic mass is 9.94. The van der Waals surface area contributed by atoms with Gasteiger partial charge in [-0.1, -0.05) is 30.3 Å². The quantitative estimate of drug-likeness (QED) is 0.839. The molecule has 3 saturated heterocycles. The van der Waals surface area contributed by atoms with Gasteiger partial charge in [0.1, 0.15) is 0 Å². The number of rotatable bonds is 4. The Hall–Kier alpha value is -2.69. The van der Waals surface area contributed by atoms with Gasteiger partial charge in [0.15, 0.2) is 0 Å². The smallest absolute Gasteiger partial charge is 0.228 e. The van der Waals surface area contributed by atoms with Crippen LogP contribution in [0.15, 0.2) is 48.7 Å². The van der Waals surface area contributed by atoms with Crippen LogP contribution in [0.4, 0.5) is 0 Å². The predicted molar refractivity (Wildman–Crippen MR) is 103 cm³/mol. The van der Waals surface area contributed by atoms with Crippen molar-refractivity contribution < 1.29 is 9.59 Å². The Kier molecular flexibility index (Phi) is 4.92. The molecule has 2 bridgehead atoms. The van der Waals surface area contributed by atoms with Gasteiger partial charge in [-0.25, -0.2) is 0 Å². The van der Waals surface area contributed by atoms with Gasteiger partial charge in [-0.3, -0.25) is 14.6 Å². The Morgan fingerprint density at radius 3 is 2.70 bits per heavy atom. The van der Waals surface area contributed by atoms with Gasteiger partial charge in [0.25, 0.3) is 0 Å². The minimum Gasteiger partial charge on any atom is -0.340 e. The number of pyridine rings is 1. The van der Waals surface area contributed by atoms with Gasteiger partial charge in [0, 0.05) is 25.3 Å². The monoisotopic (exact) mass is 363 g/mol. The number of carbonyl (C=O) groups is 2. The van der Waals surface area contributed by atoms with Crippen molar-refractivity contribution in [2.24, 2.45) is 5.92 Å². The lowest BCUT2D eigenvalue weighted by Crippen LogP contribution is -2.47. The largest absolute Gasteiger partial charge is 0.340 e. The molecule has 0 radical (unpaired) electrons. The van der Waals surface area contributed by atoms with Crippen LogP contribution in [0, 0.1) is 12.8 Å². The van der Waals surface area contributed by atoms with Crippen LogP contribution in [0.25, 0.3) is 0 Å². The number of carbonyl (C=O) groups excluding carboxylic acids is 2. The third-order valence-corrected chi connectivity index (χ3v) is 5.81. The Labute approximate surface area is 160 Å². The average Bonchev–Trinajstić information content (AvgIpc) is 2.97. The zero-order chi connectivity index (χ0) is 18.8. The molecule has 5 nitrogen and oxygen atoms in total. The van der Waals surface area contributed by atoms with E-state index < -0.39 is 0 Å². The Morgan fingerprint density at radius 1 is 1.11 bits per heavy atom. The van der Waals surface area contributed by atoms with Crippen molar-refractivity contribution in [3.8, 4) is 0 Å². The Morgan fingerprint density at radius 2 is 1.93 bits per heavy atom. The van der Waals surface area contributed by atoms with Crippen molar-refractivity contribution in [2.75, 3.05) is 13.1 Å². The summed E-state index contributed by atoms with van der Waals surface area (Å²) in [5, 5.41) is 0. The molecular formula is C22H25N3O2. The predicted octanol–water partition coefficient (Wildman–Crippen LogP) is 2.58. The number of benzene rings is 1. The zero-order valence-electron chi connectivity index (χ0n) is 15.7. The van der Waals surface area contributed by atoms with Gasteiger partial charge in [-0.2, -0.15) is 0 Å². The van der Waals surface area contributed by atoms with E-state index in [0.717, 1.165) is 29.7 Å². The number of fused-ring (bicyclic) bond motifs is 4. The summed E-state index contributed by atoms with van der Waals surface area (Å²) in [5.74, 6) is 0.199. The highest BCUT2D eigenvalue weighted by Crippen LogP contribution is 2.30. The maximum atomic E-state index is 13.0. The van der Waals surface area contributed by atoms with E-state index >= 15 is 0 Å². The molecule has 27 heavy (non-hydrogen) atoms. The van der Waals surface area contributed by atoms with Crippen LogP contribution in [-0.4, -0.2) is 45.7 Å². The molecule has 5 heteroatoms. The molecule has 1 aromatic heterocycles. The van der Waals surface area contributed by atoms with E-state index in [1.54, 1.807) is 6.20 Å². The number of aromatic nitrogens is 1. The molecule has 4 heterocycles. The first-order chi connectivity index (χ1) is 13.1. The van der Waals surface area contributed by atoms with Crippen molar-refractivity contribution >= 4 is 11.8 Å². The number of hydrogen-bond acceptors (Lipinski definition) is 3. The Bertz CT molecular complexity index is 836. The van der Waals surface area contributed by atoms with E-state index in [1.165, 1.54) is 0 Å². The van der Waals surface area contributed by atoms with Gasteiger partial charge in [0.2, 0.25) is 11.8 Å². The molecule has 1 aromatic carbocycles. The highest BCUT2D eigenvalue weighted by atomic mass is 16.2. The summed E-state index contributed by atoms with van der Waals surface area (Å²) < 4.78 is 0. The number of aryl methyl sites for hydroxylation is 1. The summed E-state index contributed by atoms with van der Waals surface area (Å²) in [5.41, 5.74) is 3.10. The topological polar surface area (TPSA) is 53.5 Å². The molecule has 140 valence electrons. The van der Waals surface area contributed by atoms with Gasteiger partial charge >= 0.3 is 0 Å². The van der Waals surface area contributed by atoms with Crippen LogP contribution in [0.3, 0.4) is 0 Å². The second-order valence-corrected chi connectivity index (χ2v) is 7.62. The summed E-state index contributed by atoms with van der Waals surface area (Å²) >= 11 is 0. The standard InChI is InChI=1S/C22H25N3O2/c1-16-6-2-3-7-17(16)12-21(26)24-13-18-9-10-20(15-24)25(22(18)27)14-19-8-4-5-11-23-19/h2-8,11,18,20H,9-10,12-15H2,1H3. The highest BCUT2D eigenvalue weighted by molar-refractivity contribution is 5.84. The summed E-state index contributed by atoms with van der Waals surface area (Å²) in [6.07, 6.45) is 3.99.